The first-order chi connectivity index (χ1) is 13.4. The fourth-order valence-corrected chi connectivity index (χ4v) is 4.53. The van der Waals surface area contributed by atoms with Crippen LogP contribution in [0.3, 0.4) is 0 Å². The van der Waals surface area contributed by atoms with Crippen molar-refractivity contribution in [1.29, 1.82) is 0 Å². The Balaban J connectivity index is 2.04. The maximum absolute atomic E-state index is 14.4. The Bertz CT molecular complexity index is 807. The lowest BCUT2D eigenvalue weighted by Crippen LogP contribution is -2.52. The zero-order chi connectivity index (χ0) is 20.3. The molecule has 0 radical (unpaired) electrons. The van der Waals surface area contributed by atoms with Crippen LogP contribution in [0.2, 0.25) is 0 Å². The fourth-order valence-electron chi connectivity index (χ4n) is 3.52. The molecule has 152 valence electrons. The van der Waals surface area contributed by atoms with Gasteiger partial charge < -0.3 is 14.7 Å². The molecule has 1 saturated heterocycles. The molecular formula is C20H24F2N2O3S. The smallest absolute Gasteiger partial charge is 0.338 e. The van der Waals surface area contributed by atoms with Crippen LogP contribution >= 0.6 is 11.8 Å². The number of hydrogen-bond donors (Lipinski definition) is 1. The van der Waals surface area contributed by atoms with E-state index >= 15 is 0 Å². The molecule has 1 aromatic carbocycles. The van der Waals surface area contributed by atoms with Crippen LogP contribution in [0.5, 0.6) is 0 Å². The van der Waals surface area contributed by atoms with Crippen LogP contribution in [-0.4, -0.2) is 59.1 Å². The molecular weight excluding hydrogens is 386 g/mol. The highest BCUT2D eigenvalue weighted by molar-refractivity contribution is 8.03. The van der Waals surface area contributed by atoms with Gasteiger partial charge in [0.05, 0.1) is 23.8 Å². The zero-order valence-corrected chi connectivity index (χ0v) is 16.8. The number of aliphatic carboxylic acids is 1. The number of carboxylic acid groups (broad SMARTS) is 1. The molecule has 5 nitrogen and oxygen atoms in total. The molecule has 2 aliphatic rings. The fraction of sp³-hybridized carbons (Fsp3) is 0.450. The summed E-state index contributed by atoms with van der Waals surface area (Å²) in [5.74, 6) is -1.60. The maximum atomic E-state index is 14.4. The van der Waals surface area contributed by atoms with Crippen molar-refractivity contribution in [3.05, 3.63) is 57.6 Å². The molecule has 0 bridgehead atoms. The summed E-state index contributed by atoms with van der Waals surface area (Å²) in [7, 11) is 0. The second kappa shape index (κ2) is 9.07. The molecule has 0 amide bonds. The molecule has 1 N–H and O–H groups in total. The monoisotopic (exact) mass is 410 g/mol. The predicted molar refractivity (Wildman–Crippen MR) is 105 cm³/mol. The number of ether oxygens (including phenoxy) is 1. The molecule has 1 aromatic rings. The van der Waals surface area contributed by atoms with Crippen molar-refractivity contribution in [3.8, 4) is 0 Å². The van der Waals surface area contributed by atoms with E-state index in [4.69, 9.17) is 4.74 Å². The first-order valence-corrected chi connectivity index (χ1v) is 10.2. The third kappa shape index (κ3) is 4.39. The number of hydrogen-bond acceptors (Lipinski definition) is 5. The summed E-state index contributed by atoms with van der Waals surface area (Å²) in [5.41, 5.74) is 1.25. The largest absolute Gasteiger partial charge is 0.478 e. The summed E-state index contributed by atoms with van der Waals surface area (Å²) >= 11 is 1.43. The third-order valence-corrected chi connectivity index (χ3v) is 5.86. The summed E-state index contributed by atoms with van der Waals surface area (Å²) in [4.78, 5) is 16.1. The van der Waals surface area contributed by atoms with Crippen molar-refractivity contribution >= 4 is 17.7 Å². The lowest BCUT2D eigenvalue weighted by atomic mass is 10.0. The number of morpholine rings is 1. The Labute approximate surface area is 167 Å². The van der Waals surface area contributed by atoms with E-state index in [2.05, 4.69) is 4.90 Å². The average Bonchev–Trinajstić information content (AvgIpc) is 2.66. The SMILES string of the molecule is CCSC1=C(C(=O)O)C(C)=CC(N2CCOCC2)N1Cc1ccc(F)cc1F. The second-order valence-corrected chi connectivity index (χ2v) is 7.95. The van der Waals surface area contributed by atoms with Gasteiger partial charge in [0, 0.05) is 31.3 Å². The van der Waals surface area contributed by atoms with E-state index in [0.29, 0.717) is 48.2 Å². The van der Waals surface area contributed by atoms with Crippen LogP contribution in [0.25, 0.3) is 0 Å². The molecule has 8 heteroatoms. The van der Waals surface area contributed by atoms with E-state index < -0.39 is 17.6 Å². The van der Waals surface area contributed by atoms with Gasteiger partial charge in [-0.2, -0.15) is 0 Å². The number of rotatable bonds is 6. The lowest BCUT2D eigenvalue weighted by Gasteiger charge is -2.44. The number of carboxylic acids is 1. The quantitative estimate of drug-likeness (QED) is 0.776. The van der Waals surface area contributed by atoms with E-state index in [1.54, 1.807) is 6.92 Å². The predicted octanol–water partition coefficient (Wildman–Crippen LogP) is 3.43. The molecule has 0 spiro atoms. The molecule has 2 aliphatic heterocycles. The van der Waals surface area contributed by atoms with Gasteiger partial charge in [-0.15, -0.1) is 11.8 Å². The van der Waals surface area contributed by atoms with Gasteiger partial charge in [-0.3, -0.25) is 4.90 Å². The molecule has 3 rings (SSSR count). The molecule has 0 aromatic heterocycles. The van der Waals surface area contributed by atoms with E-state index in [1.807, 2.05) is 17.9 Å². The minimum absolute atomic E-state index is 0.150. The van der Waals surface area contributed by atoms with Crippen molar-refractivity contribution in [2.75, 3.05) is 32.1 Å². The third-order valence-electron chi connectivity index (χ3n) is 4.86. The van der Waals surface area contributed by atoms with Gasteiger partial charge in [0.2, 0.25) is 0 Å². The molecule has 1 unspecified atom stereocenters. The topological polar surface area (TPSA) is 53.0 Å². The Morgan fingerprint density at radius 3 is 2.64 bits per heavy atom. The average molecular weight is 410 g/mol. The summed E-state index contributed by atoms with van der Waals surface area (Å²) in [6, 6.07) is 3.50. The van der Waals surface area contributed by atoms with Crippen molar-refractivity contribution in [2.45, 2.75) is 26.6 Å². The van der Waals surface area contributed by atoms with Crippen LogP contribution < -0.4 is 0 Å². The molecule has 1 fully saturated rings. The second-order valence-electron chi connectivity index (χ2n) is 6.69. The first kappa shape index (κ1) is 20.8. The van der Waals surface area contributed by atoms with Gasteiger partial charge in [0.15, 0.2) is 0 Å². The van der Waals surface area contributed by atoms with Crippen LogP contribution in [-0.2, 0) is 16.1 Å². The van der Waals surface area contributed by atoms with Crippen LogP contribution in [0, 0.1) is 11.6 Å². The van der Waals surface area contributed by atoms with Crippen molar-refractivity contribution < 1.29 is 23.4 Å². The Hall–Kier alpha value is -1.90. The zero-order valence-electron chi connectivity index (χ0n) is 16.0. The van der Waals surface area contributed by atoms with E-state index in [0.717, 1.165) is 6.07 Å². The Morgan fingerprint density at radius 1 is 1.32 bits per heavy atom. The molecule has 0 aliphatic carbocycles. The van der Waals surface area contributed by atoms with Gasteiger partial charge in [-0.05, 0) is 30.4 Å². The highest BCUT2D eigenvalue weighted by Crippen LogP contribution is 2.37. The number of thioether (sulfide) groups is 1. The summed E-state index contributed by atoms with van der Waals surface area (Å²) in [6.45, 7) is 6.47. The number of nitrogens with zero attached hydrogens (tertiary/aromatic N) is 2. The number of benzene rings is 1. The summed E-state index contributed by atoms with van der Waals surface area (Å²) in [6.07, 6.45) is 1.70. The minimum atomic E-state index is -1.00. The van der Waals surface area contributed by atoms with E-state index in [1.165, 1.54) is 23.9 Å². The lowest BCUT2D eigenvalue weighted by molar-refractivity contribution is -0.132. The number of carbonyl (C=O) groups is 1. The van der Waals surface area contributed by atoms with Gasteiger partial charge >= 0.3 is 5.97 Å². The van der Waals surface area contributed by atoms with Crippen LogP contribution in [0.4, 0.5) is 8.78 Å². The summed E-state index contributed by atoms with van der Waals surface area (Å²) < 4.78 is 33.1. The Morgan fingerprint density at radius 2 is 2.04 bits per heavy atom. The highest BCUT2D eigenvalue weighted by Gasteiger charge is 2.35. The summed E-state index contributed by atoms with van der Waals surface area (Å²) in [5, 5.41) is 10.4. The normalized spacial score (nSPS) is 21.1. The van der Waals surface area contributed by atoms with Crippen molar-refractivity contribution in [3.63, 3.8) is 0 Å². The van der Waals surface area contributed by atoms with Gasteiger partial charge in [-0.1, -0.05) is 13.0 Å². The van der Waals surface area contributed by atoms with E-state index in [-0.39, 0.29) is 18.3 Å². The maximum Gasteiger partial charge on any atom is 0.338 e. The molecule has 0 saturated carbocycles. The van der Waals surface area contributed by atoms with E-state index in [9.17, 15) is 18.7 Å². The standard InChI is InChI=1S/C20H24F2N2O3S/c1-3-28-19-18(20(25)26)13(2)10-17(23-6-8-27-9-7-23)24(19)12-14-4-5-15(21)11-16(14)22/h4-5,10-11,17H,3,6-9,12H2,1-2H3,(H,25,26). The van der Waals surface area contributed by atoms with Crippen LogP contribution in [0.15, 0.2) is 40.5 Å². The van der Waals surface area contributed by atoms with Crippen LogP contribution in [0.1, 0.15) is 19.4 Å². The molecule has 2 heterocycles. The van der Waals surface area contributed by atoms with Gasteiger partial charge in [0.1, 0.15) is 17.8 Å². The van der Waals surface area contributed by atoms with Gasteiger partial charge in [-0.25, -0.2) is 13.6 Å². The minimum Gasteiger partial charge on any atom is -0.478 e. The first-order valence-electron chi connectivity index (χ1n) is 9.24. The number of halogens is 2. The van der Waals surface area contributed by atoms with Gasteiger partial charge in [0.25, 0.3) is 0 Å². The highest BCUT2D eigenvalue weighted by atomic mass is 32.2. The molecule has 1 atom stereocenters. The Kier molecular flexibility index (Phi) is 6.74. The van der Waals surface area contributed by atoms with Crippen molar-refractivity contribution in [1.82, 2.24) is 9.80 Å². The van der Waals surface area contributed by atoms with Crippen molar-refractivity contribution in [2.24, 2.45) is 0 Å². The molecule has 28 heavy (non-hydrogen) atoms.